The van der Waals surface area contributed by atoms with Gasteiger partial charge in [-0.25, -0.2) is 4.98 Å². The van der Waals surface area contributed by atoms with E-state index in [9.17, 15) is 4.79 Å². The maximum Gasteiger partial charge on any atom is 0.268 e. The molecule has 0 aromatic carbocycles. The third kappa shape index (κ3) is 2.28. The summed E-state index contributed by atoms with van der Waals surface area (Å²) in [6.07, 6.45) is 4.95. The molecule has 1 saturated carbocycles. The van der Waals surface area contributed by atoms with Gasteiger partial charge in [-0.3, -0.25) is 4.79 Å². The predicted molar refractivity (Wildman–Crippen MR) is 51.7 cm³/mol. The molecule has 70 valence electrons. The Hall–Kier alpha value is -0.900. The van der Waals surface area contributed by atoms with Gasteiger partial charge >= 0.3 is 0 Å². The van der Waals surface area contributed by atoms with Crippen molar-refractivity contribution in [2.45, 2.75) is 25.7 Å². The highest BCUT2D eigenvalue weighted by atomic mass is 32.1. The average molecular weight is 196 g/mol. The highest BCUT2D eigenvalue weighted by Crippen LogP contribution is 2.33. The van der Waals surface area contributed by atoms with E-state index in [-0.39, 0.29) is 0 Å². The maximum absolute atomic E-state index is 10.7. The summed E-state index contributed by atoms with van der Waals surface area (Å²) in [5.74, 6) is 0.495. The SMILES string of the molecule is NC(=O)c1csc(CCC2CC2)n1. The monoisotopic (exact) mass is 196 g/mol. The van der Waals surface area contributed by atoms with E-state index in [1.54, 1.807) is 5.38 Å². The zero-order chi connectivity index (χ0) is 9.26. The number of rotatable bonds is 4. The van der Waals surface area contributed by atoms with E-state index in [1.807, 2.05) is 0 Å². The fourth-order valence-corrected chi connectivity index (χ4v) is 2.08. The summed E-state index contributed by atoms with van der Waals surface area (Å²) in [6.45, 7) is 0. The van der Waals surface area contributed by atoms with E-state index in [1.165, 1.54) is 30.6 Å². The van der Waals surface area contributed by atoms with Crippen molar-refractivity contribution in [3.63, 3.8) is 0 Å². The minimum absolute atomic E-state index is 0.413. The van der Waals surface area contributed by atoms with Crippen molar-refractivity contribution in [2.24, 2.45) is 11.7 Å². The summed E-state index contributed by atoms with van der Waals surface area (Å²) in [5, 5.41) is 2.78. The minimum atomic E-state index is -0.422. The van der Waals surface area contributed by atoms with Crippen LogP contribution in [0.5, 0.6) is 0 Å². The quantitative estimate of drug-likeness (QED) is 0.795. The second-order valence-electron chi connectivity index (χ2n) is 3.47. The first-order valence-corrected chi connectivity index (χ1v) is 5.38. The summed E-state index contributed by atoms with van der Waals surface area (Å²) in [7, 11) is 0. The molecule has 0 atom stereocenters. The third-order valence-electron chi connectivity index (χ3n) is 2.27. The topological polar surface area (TPSA) is 56.0 Å². The molecule has 0 aliphatic heterocycles. The van der Waals surface area contributed by atoms with Crippen LogP contribution in [0.25, 0.3) is 0 Å². The molecule has 1 fully saturated rings. The Bertz CT molecular complexity index is 317. The van der Waals surface area contributed by atoms with E-state index in [0.29, 0.717) is 5.69 Å². The number of carbonyl (C=O) groups is 1. The number of thiazole rings is 1. The highest BCUT2D eigenvalue weighted by molar-refractivity contribution is 7.09. The molecule has 0 spiro atoms. The second-order valence-corrected chi connectivity index (χ2v) is 4.42. The fraction of sp³-hybridized carbons (Fsp3) is 0.556. The van der Waals surface area contributed by atoms with Gasteiger partial charge in [-0.15, -0.1) is 11.3 Å². The summed E-state index contributed by atoms with van der Waals surface area (Å²) < 4.78 is 0. The predicted octanol–water partition coefficient (Wildman–Crippen LogP) is 1.58. The number of aryl methyl sites for hydroxylation is 1. The number of hydrogen-bond acceptors (Lipinski definition) is 3. The van der Waals surface area contributed by atoms with Gasteiger partial charge in [0.2, 0.25) is 0 Å². The van der Waals surface area contributed by atoms with Crippen LogP contribution in [0.2, 0.25) is 0 Å². The Morgan fingerprint density at radius 3 is 3.00 bits per heavy atom. The van der Waals surface area contributed by atoms with Crippen LogP contribution in [0.1, 0.15) is 34.8 Å². The zero-order valence-corrected chi connectivity index (χ0v) is 8.14. The lowest BCUT2D eigenvalue weighted by Crippen LogP contribution is -2.11. The number of carbonyl (C=O) groups excluding carboxylic acids is 1. The van der Waals surface area contributed by atoms with Gasteiger partial charge in [0.15, 0.2) is 0 Å². The van der Waals surface area contributed by atoms with Crippen molar-refractivity contribution in [1.29, 1.82) is 0 Å². The van der Waals surface area contributed by atoms with Crippen LogP contribution in [0.4, 0.5) is 0 Å². The Balaban J connectivity index is 1.92. The molecule has 2 N–H and O–H groups in total. The zero-order valence-electron chi connectivity index (χ0n) is 7.32. The number of aromatic nitrogens is 1. The summed E-state index contributed by atoms with van der Waals surface area (Å²) in [4.78, 5) is 14.9. The molecule has 1 heterocycles. The van der Waals surface area contributed by atoms with Gasteiger partial charge in [-0.1, -0.05) is 12.8 Å². The molecule has 0 unspecified atom stereocenters. The normalized spacial score (nSPS) is 16.0. The van der Waals surface area contributed by atoms with E-state index in [4.69, 9.17) is 5.73 Å². The van der Waals surface area contributed by atoms with Crippen molar-refractivity contribution < 1.29 is 4.79 Å². The number of hydrogen-bond donors (Lipinski definition) is 1. The smallest absolute Gasteiger partial charge is 0.268 e. The van der Waals surface area contributed by atoms with Crippen LogP contribution < -0.4 is 5.73 Å². The van der Waals surface area contributed by atoms with Gasteiger partial charge in [0, 0.05) is 5.38 Å². The van der Waals surface area contributed by atoms with Crippen molar-refractivity contribution in [1.82, 2.24) is 4.98 Å². The van der Waals surface area contributed by atoms with E-state index >= 15 is 0 Å². The molecule has 1 amide bonds. The Morgan fingerprint density at radius 1 is 1.69 bits per heavy atom. The van der Waals surface area contributed by atoms with Gasteiger partial charge in [-0.2, -0.15) is 0 Å². The summed E-state index contributed by atoms with van der Waals surface area (Å²) in [5.41, 5.74) is 5.51. The first-order chi connectivity index (χ1) is 6.25. The molecule has 0 bridgehead atoms. The molecule has 13 heavy (non-hydrogen) atoms. The Morgan fingerprint density at radius 2 is 2.46 bits per heavy atom. The number of primary amides is 1. The first kappa shape index (κ1) is 8.69. The van der Waals surface area contributed by atoms with Gasteiger partial charge < -0.3 is 5.73 Å². The molecule has 1 aromatic heterocycles. The molecule has 4 heteroatoms. The Kier molecular flexibility index (Phi) is 2.31. The molecule has 1 aromatic rings. The largest absolute Gasteiger partial charge is 0.364 e. The Labute approximate surface area is 81.0 Å². The van der Waals surface area contributed by atoms with Gasteiger partial charge in [-0.05, 0) is 18.8 Å². The molecule has 0 saturated heterocycles. The van der Waals surface area contributed by atoms with E-state index in [2.05, 4.69) is 4.98 Å². The lowest BCUT2D eigenvalue weighted by molar-refractivity contribution is 0.0996. The lowest BCUT2D eigenvalue weighted by atomic mass is 10.2. The minimum Gasteiger partial charge on any atom is -0.364 e. The van der Waals surface area contributed by atoms with Crippen LogP contribution >= 0.6 is 11.3 Å². The molecular weight excluding hydrogens is 184 g/mol. The fourth-order valence-electron chi connectivity index (χ4n) is 1.27. The van der Waals surface area contributed by atoms with Crippen molar-refractivity contribution >= 4 is 17.2 Å². The third-order valence-corrected chi connectivity index (χ3v) is 3.18. The first-order valence-electron chi connectivity index (χ1n) is 4.50. The summed E-state index contributed by atoms with van der Waals surface area (Å²) >= 11 is 1.54. The van der Waals surface area contributed by atoms with Crippen LogP contribution in [-0.2, 0) is 6.42 Å². The molecule has 1 aliphatic rings. The van der Waals surface area contributed by atoms with Crippen LogP contribution in [-0.4, -0.2) is 10.9 Å². The molecular formula is C9H12N2OS. The summed E-state index contributed by atoms with van der Waals surface area (Å²) in [6, 6.07) is 0. The average Bonchev–Trinajstić information content (AvgIpc) is 2.79. The maximum atomic E-state index is 10.7. The van der Waals surface area contributed by atoms with Gasteiger partial charge in [0.1, 0.15) is 5.69 Å². The van der Waals surface area contributed by atoms with Gasteiger partial charge in [0.25, 0.3) is 5.91 Å². The standard InChI is InChI=1S/C9H12N2OS/c10-9(12)7-5-13-8(11-7)4-3-6-1-2-6/h5-6H,1-4H2,(H2,10,12). The molecule has 2 rings (SSSR count). The van der Waals surface area contributed by atoms with Gasteiger partial charge in [0.05, 0.1) is 5.01 Å². The van der Waals surface area contributed by atoms with Crippen molar-refractivity contribution in [3.05, 3.63) is 16.1 Å². The van der Waals surface area contributed by atoms with E-state index in [0.717, 1.165) is 17.3 Å². The van der Waals surface area contributed by atoms with E-state index < -0.39 is 5.91 Å². The van der Waals surface area contributed by atoms with Crippen LogP contribution in [0, 0.1) is 5.92 Å². The highest BCUT2D eigenvalue weighted by Gasteiger charge is 2.21. The second kappa shape index (κ2) is 3.46. The number of nitrogens with zero attached hydrogens (tertiary/aromatic N) is 1. The number of amides is 1. The molecule has 1 aliphatic carbocycles. The molecule has 3 nitrogen and oxygen atoms in total. The number of nitrogens with two attached hydrogens (primary N) is 1. The van der Waals surface area contributed by atoms with Crippen molar-refractivity contribution in [3.8, 4) is 0 Å². The van der Waals surface area contributed by atoms with Crippen LogP contribution in [0.3, 0.4) is 0 Å². The van der Waals surface area contributed by atoms with Crippen LogP contribution in [0.15, 0.2) is 5.38 Å². The lowest BCUT2D eigenvalue weighted by Gasteiger charge is -1.92. The van der Waals surface area contributed by atoms with Crippen molar-refractivity contribution in [2.75, 3.05) is 0 Å². The molecule has 0 radical (unpaired) electrons.